The van der Waals surface area contributed by atoms with Gasteiger partial charge < -0.3 is 8.83 Å². The van der Waals surface area contributed by atoms with Crippen LogP contribution in [0, 0.1) is 0 Å². The van der Waals surface area contributed by atoms with Gasteiger partial charge in [0.25, 0.3) is 5.89 Å². The predicted octanol–water partition coefficient (Wildman–Crippen LogP) is 2.71. The van der Waals surface area contributed by atoms with Crippen molar-refractivity contribution in [3.63, 3.8) is 0 Å². The molecule has 0 radical (unpaired) electrons. The van der Waals surface area contributed by atoms with Crippen molar-refractivity contribution < 1.29 is 8.83 Å². The van der Waals surface area contributed by atoms with E-state index in [1.54, 1.807) is 12.1 Å². The van der Waals surface area contributed by atoms with Crippen molar-refractivity contribution >= 4 is 27.7 Å². The first-order valence-electron chi connectivity index (χ1n) is 6.28. The fourth-order valence-electron chi connectivity index (χ4n) is 1.80. The van der Waals surface area contributed by atoms with E-state index < -0.39 is 0 Å². The summed E-state index contributed by atoms with van der Waals surface area (Å²) in [6.45, 7) is 0. The van der Waals surface area contributed by atoms with Gasteiger partial charge in [-0.3, -0.25) is 0 Å². The van der Waals surface area contributed by atoms with E-state index in [4.69, 9.17) is 8.83 Å². The zero-order valence-electron chi connectivity index (χ0n) is 10.6. The Morgan fingerprint density at radius 3 is 2.90 bits per heavy atom. The summed E-state index contributed by atoms with van der Waals surface area (Å²) in [6, 6.07) is 3.99. The largest absolute Gasteiger partial charge is 0.444 e. The fourth-order valence-corrected chi connectivity index (χ4v) is 2.88. The van der Waals surface area contributed by atoms with Gasteiger partial charge in [-0.05, 0) is 51.3 Å². The number of furan rings is 1. The first kappa shape index (κ1) is 13.0. The summed E-state index contributed by atoms with van der Waals surface area (Å²) in [4.78, 5) is 0. The van der Waals surface area contributed by atoms with Gasteiger partial charge in [-0.1, -0.05) is 11.8 Å². The van der Waals surface area contributed by atoms with E-state index in [1.807, 2.05) is 4.68 Å². The van der Waals surface area contributed by atoms with Gasteiger partial charge in [0, 0.05) is 0 Å². The normalized spacial score (nSPS) is 14.7. The molecule has 1 saturated carbocycles. The number of rotatable bonds is 5. The zero-order valence-corrected chi connectivity index (χ0v) is 13.0. The Hall–Kier alpha value is -1.68. The summed E-state index contributed by atoms with van der Waals surface area (Å²) in [7, 11) is 0. The van der Waals surface area contributed by atoms with Gasteiger partial charge in [-0.25, -0.2) is 4.68 Å². The van der Waals surface area contributed by atoms with E-state index in [-0.39, 0.29) is 0 Å². The molecule has 108 valence electrons. The second kappa shape index (κ2) is 5.26. The molecule has 0 bridgehead atoms. The lowest BCUT2D eigenvalue weighted by Crippen LogP contribution is -1.98. The topological polar surface area (TPSA) is 95.7 Å². The highest BCUT2D eigenvalue weighted by molar-refractivity contribution is 9.10. The smallest absolute Gasteiger partial charge is 0.283 e. The van der Waals surface area contributed by atoms with E-state index in [2.05, 4.69) is 41.7 Å². The zero-order chi connectivity index (χ0) is 14.2. The lowest BCUT2D eigenvalue weighted by atomic mass is 10.5. The standard InChI is InChI=1S/C11H9BrN6O2S/c12-8-4-3-7(19-8)10-14-13-9(20-10)5-21-11-15-16-17-18(11)6-1-2-6/h3-4,6H,1-2,5H2. The number of halogens is 1. The van der Waals surface area contributed by atoms with Crippen LogP contribution in [0.15, 0.2) is 30.8 Å². The highest BCUT2D eigenvalue weighted by atomic mass is 79.9. The second-order valence-electron chi connectivity index (χ2n) is 4.53. The molecule has 0 unspecified atom stereocenters. The van der Waals surface area contributed by atoms with Crippen LogP contribution < -0.4 is 0 Å². The van der Waals surface area contributed by atoms with E-state index in [0.29, 0.717) is 34.0 Å². The first-order chi connectivity index (χ1) is 10.3. The molecule has 0 aromatic carbocycles. The molecule has 0 atom stereocenters. The lowest BCUT2D eigenvalue weighted by molar-refractivity contribution is 0.486. The minimum Gasteiger partial charge on any atom is -0.444 e. The molecule has 8 nitrogen and oxygen atoms in total. The minimum absolute atomic E-state index is 0.359. The van der Waals surface area contributed by atoms with Crippen molar-refractivity contribution in [2.75, 3.05) is 0 Å². The van der Waals surface area contributed by atoms with E-state index in [1.165, 1.54) is 11.8 Å². The third kappa shape index (κ3) is 2.72. The van der Waals surface area contributed by atoms with Crippen molar-refractivity contribution in [3.05, 3.63) is 22.7 Å². The summed E-state index contributed by atoms with van der Waals surface area (Å²) in [5.41, 5.74) is 0. The van der Waals surface area contributed by atoms with E-state index >= 15 is 0 Å². The maximum Gasteiger partial charge on any atom is 0.283 e. The van der Waals surface area contributed by atoms with Crippen molar-refractivity contribution in [2.45, 2.75) is 29.8 Å². The summed E-state index contributed by atoms with van der Waals surface area (Å²) >= 11 is 4.71. The molecule has 10 heteroatoms. The molecule has 21 heavy (non-hydrogen) atoms. The molecule has 3 aromatic rings. The fraction of sp³-hybridized carbons (Fsp3) is 0.364. The summed E-state index contributed by atoms with van der Waals surface area (Å²) < 4.78 is 13.4. The molecule has 3 aromatic heterocycles. The second-order valence-corrected chi connectivity index (χ2v) is 6.25. The van der Waals surface area contributed by atoms with Crippen LogP contribution in [0.4, 0.5) is 0 Å². The SMILES string of the molecule is Brc1ccc(-c2nnc(CSc3nnnn3C3CC3)o2)o1. The van der Waals surface area contributed by atoms with Crippen LogP contribution in [0.3, 0.4) is 0 Å². The molecule has 4 rings (SSSR count). The van der Waals surface area contributed by atoms with Gasteiger partial charge in [-0.2, -0.15) is 0 Å². The number of aromatic nitrogens is 6. The number of tetrazole rings is 1. The quantitative estimate of drug-likeness (QED) is 0.634. The highest BCUT2D eigenvalue weighted by Gasteiger charge is 2.28. The minimum atomic E-state index is 0.359. The van der Waals surface area contributed by atoms with Crippen molar-refractivity contribution in [3.8, 4) is 11.7 Å². The summed E-state index contributed by atoms with van der Waals surface area (Å²) in [5.74, 6) is 1.92. The predicted molar refractivity (Wildman–Crippen MR) is 75.3 cm³/mol. The van der Waals surface area contributed by atoms with Gasteiger partial charge in [0.15, 0.2) is 10.4 Å². The molecule has 1 aliphatic carbocycles. The van der Waals surface area contributed by atoms with Crippen LogP contribution in [0.2, 0.25) is 0 Å². The highest BCUT2D eigenvalue weighted by Crippen LogP contribution is 2.36. The molecular weight excluding hydrogens is 360 g/mol. The van der Waals surface area contributed by atoms with Crippen molar-refractivity contribution in [2.24, 2.45) is 0 Å². The molecule has 1 fully saturated rings. The van der Waals surface area contributed by atoms with Gasteiger partial charge in [0.05, 0.1) is 11.8 Å². The number of thioether (sulfide) groups is 1. The van der Waals surface area contributed by atoms with Gasteiger partial charge in [-0.15, -0.1) is 15.3 Å². The van der Waals surface area contributed by atoms with Crippen LogP contribution in [0.1, 0.15) is 24.8 Å². The van der Waals surface area contributed by atoms with Gasteiger partial charge in [0.1, 0.15) is 0 Å². The Kier molecular flexibility index (Phi) is 3.26. The molecule has 3 heterocycles. The summed E-state index contributed by atoms with van der Waals surface area (Å²) in [5, 5.41) is 20.5. The van der Waals surface area contributed by atoms with Crippen LogP contribution in [0.25, 0.3) is 11.7 Å². The first-order valence-corrected chi connectivity index (χ1v) is 8.06. The van der Waals surface area contributed by atoms with Gasteiger partial charge >= 0.3 is 0 Å². The number of nitrogens with zero attached hydrogens (tertiary/aromatic N) is 6. The van der Waals surface area contributed by atoms with Gasteiger partial charge in [0.2, 0.25) is 11.0 Å². The van der Waals surface area contributed by atoms with E-state index in [9.17, 15) is 0 Å². The number of hydrogen-bond acceptors (Lipinski definition) is 8. The summed E-state index contributed by atoms with van der Waals surface area (Å²) in [6.07, 6.45) is 2.27. The molecule has 0 saturated heterocycles. The average Bonchev–Trinajstić information content (AvgIpc) is 2.92. The monoisotopic (exact) mass is 368 g/mol. The average molecular weight is 369 g/mol. The van der Waals surface area contributed by atoms with Crippen LogP contribution in [0.5, 0.6) is 0 Å². The third-order valence-corrected chi connectivity index (χ3v) is 4.28. The maximum atomic E-state index is 5.56. The lowest BCUT2D eigenvalue weighted by Gasteiger charge is -1.99. The Morgan fingerprint density at radius 1 is 1.24 bits per heavy atom. The Labute approximate surface area is 131 Å². The Balaban J connectivity index is 1.45. The number of hydrogen-bond donors (Lipinski definition) is 0. The van der Waals surface area contributed by atoms with Crippen LogP contribution in [-0.2, 0) is 5.75 Å². The van der Waals surface area contributed by atoms with Crippen molar-refractivity contribution in [1.82, 2.24) is 30.4 Å². The van der Waals surface area contributed by atoms with E-state index in [0.717, 1.165) is 18.0 Å². The van der Waals surface area contributed by atoms with Crippen LogP contribution in [-0.4, -0.2) is 30.4 Å². The maximum absolute atomic E-state index is 5.56. The van der Waals surface area contributed by atoms with Crippen LogP contribution >= 0.6 is 27.7 Å². The molecule has 0 aliphatic heterocycles. The Bertz CT molecular complexity index is 764. The molecule has 0 spiro atoms. The third-order valence-electron chi connectivity index (χ3n) is 2.93. The molecule has 0 N–H and O–H groups in total. The Morgan fingerprint density at radius 2 is 2.14 bits per heavy atom. The molecular formula is C11H9BrN6O2S. The molecule has 1 aliphatic rings. The molecule has 0 amide bonds. The van der Waals surface area contributed by atoms with Crippen molar-refractivity contribution in [1.29, 1.82) is 0 Å².